The molecule has 4 saturated carbocycles. The summed E-state index contributed by atoms with van der Waals surface area (Å²) >= 11 is 3.31. The Morgan fingerprint density at radius 1 is 1.29 bits per heavy atom. The van der Waals surface area contributed by atoms with Crippen LogP contribution in [-0.4, -0.2) is 17.4 Å². The summed E-state index contributed by atoms with van der Waals surface area (Å²) < 4.78 is 5.68. The summed E-state index contributed by atoms with van der Waals surface area (Å²) in [7, 11) is 0. The summed E-state index contributed by atoms with van der Waals surface area (Å²) in [6.07, 6.45) is 4.91. The second-order valence-corrected chi connectivity index (χ2v) is 5.47. The van der Waals surface area contributed by atoms with Crippen molar-refractivity contribution in [2.75, 3.05) is 5.52 Å². The molecule has 3 heteroatoms. The Morgan fingerprint density at radius 3 is 2.93 bits per heavy atom. The number of rotatable bonds is 2. The fourth-order valence-electron chi connectivity index (χ4n) is 3.91. The zero-order chi connectivity index (χ0) is 9.71. The molecule has 78 valence electrons. The third-order valence-electron chi connectivity index (χ3n) is 4.31. The van der Waals surface area contributed by atoms with Crippen molar-refractivity contribution in [3.63, 3.8) is 0 Å². The molecule has 0 saturated heterocycles. The molecule has 0 aliphatic heterocycles. The van der Waals surface area contributed by atoms with Gasteiger partial charge in [0.2, 0.25) is 0 Å². The number of carbonyl (C=O) groups excluding carboxylic acids is 1. The van der Waals surface area contributed by atoms with Gasteiger partial charge in [-0.15, -0.1) is 0 Å². The van der Waals surface area contributed by atoms with E-state index in [2.05, 4.69) is 15.9 Å². The fraction of sp³-hybridized carbons (Fsp3) is 0.909. The van der Waals surface area contributed by atoms with Gasteiger partial charge in [-0.2, -0.15) is 0 Å². The lowest BCUT2D eigenvalue weighted by atomic mass is 9.54. The van der Waals surface area contributed by atoms with E-state index < -0.39 is 0 Å². The van der Waals surface area contributed by atoms with Crippen molar-refractivity contribution in [2.45, 2.75) is 31.8 Å². The number of halogens is 1. The molecule has 2 nitrogen and oxygen atoms in total. The Balaban J connectivity index is 1.86. The Hall–Kier alpha value is 0.110. The second-order valence-electron chi connectivity index (χ2n) is 5.02. The van der Waals surface area contributed by atoms with Gasteiger partial charge in [0.05, 0.1) is 6.10 Å². The van der Waals surface area contributed by atoms with Gasteiger partial charge in [-0.1, -0.05) is 15.9 Å². The van der Waals surface area contributed by atoms with Crippen LogP contribution in [0, 0.1) is 23.7 Å². The van der Waals surface area contributed by atoms with Crippen molar-refractivity contribution in [3.05, 3.63) is 0 Å². The second kappa shape index (κ2) is 3.31. The lowest BCUT2D eigenvalue weighted by Gasteiger charge is -2.52. The molecule has 4 aliphatic carbocycles. The highest BCUT2D eigenvalue weighted by atomic mass is 79.9. The number of alkyl halides is 1. The molecule has 0 aromatic carbocycles. The van der Waals surface area contributed by atoms with Crippen molar-refractivity contribution < 1.29 is 9.53 Å². The first-order valence-corrected chi connectivity index (χ1v) is 6.63. The first-order chi connectivity index (χ1) is 6.79. The summed E-state index contributed by atoms with van der Waals surface area (Å²) in [6, 6.07) is 0. The molecule has 0 radical (unpaired) electrons. The molecule has 14 heavy (non-hydrogen) atoms. The highest BCUT2D eigenvalue weighted by molar-refractivity contribution is 9.09. The van der Waals surface area contributed by atoms with Crippen LogP contribution in [0.1, 0.15) is 25.7 Å². The molecular weight excluding hydrogens is 244 g/mol. The van der Waals surface area contributed by atoms with Gasteiger partial charge < -0.3 is 4.74 Å². The summed E-state index contributed by atoms with van der Waals surface area (Å²) in [5.41, 5.74) is 0.577. The van der Waals surface area contributed by atoms with Crippen molar-refractivity contribution in [1.29, 1.82) is 0 Å². The van der Waals surface area contributed by atoms with E-state index in [1.807, 2.05) is 0 Å². The molecule has 4 fully saturated rings. The Morgan fingerprint density at radius 2 is 2.14 bits per heavy atom. The molecule has 4 rings (SSSR count). The monoisotopic (exact) mass is 258 g/mol. The largest absolute Gasteiger partial charge is 0.366 e. The quantitative estimate of drug-likeness (QED) is 0.711. The smallest absolute Gasteiger partial charge is 0.141 e. The van der Waals surface area contributed by atoms with Crippen LogP contribution in [0.15, 0.2) is 0 Å². The van der Waals surface area contributed by atoms with E-state index in [0.29, 0.717) is 23.1 Å². The predicted octanol–water partition coefficient (Wildman–Crippen LogP) is 2.36. The molecule has 0 spiro atoms. The first kappa shape index (κ1) is 9.34. The maximum absolute atomic E-state index is 12.0. The SMILES string of the molecule is O=C1C2CC3CC(C2)C(OCBr)C1C3. The van der Waals surface area contributed by atoms with Gasteiger partial charge in [0.25, 0.3) is 0 Å². The summed E-state index contributed by atoms with van der Waals surface area (Å²) in [5.74, 6) is 2.64. The summed E-state index contributed by atoms with van der Waals surface area (Å²) in [5, 5.41) is 0. The van der Waals surface area contributed by atoms with Crippen LogP contribution in [0.2, 0.25) is 0 Å². The number of hydrogen-bond acceptors (Lipinski definition) is 2. The van der Waals surface area contributed by atoms with Crippen LogP contribution in [0.5, 0.6) is 0 Å². The van der Waals surface area contributed by atoms with E-state index in [1.54, 1.807) is 0 Å². The minimum Gasteiger partial charge on any atom is -0.366 e. The Labute approximate surface area is 92.5 Å². The zero-order valence-electron chi connectivity index (χ0n) is 8.12. The molecule has 0 aromatic heterocycles. The molecule has 0 N–H and O–H groups in total. The van der Waals surface area contributed by atoms with E-state index in [-0.39, 0.29) is 12.0 Å². The van der Waals surface area contributed by atoms with Crippen LogP contribution in [0.25, 0.3) is 0 Å². The minimum absolute atomic E-state index is 0.231. The highest BCUT2D eigenvalue weighted by Crippen LogP contribution is 2.52. The van der Waals surface area contributed by atoms with E-state index >= 15 is 0 Å². The van der Waals surface area contributed by atoms with Crippen LogP contribution in [-0.2, 0) is 9.53 Å². The fourth-order valence-corrected chi connectivity index (χ4v) is 4.21. The van der Waals surface area contributed by atoms with Gasteiger partial charge in [0.15, 0.2) is 0 Å². The van der Waals surface area contributed by atoms with E-state index in [1.165, 1.54) is 12.8 Å². The van der Waals surface area contributed by atoms with Crippen LogP contribution >= 0.6 is 15.9 Å². The third-order valence-corrected chi connectivity index (χ3v) is 4.58. The molecular formula is C11H15BrO2. The van der Waals surface area contributed by atoms with E-state index in [9.17, 15) is 4.79 Å². The molecule has 4 aliphatic rings. The molecule has 0 aromatic rings. The van der Waals surface area contributed by atoms with Crippen molar-refractivity contribution in [2.24, 2.45) is 23.7 Å². The van der Waals surface area contributed by atoms with Gasteiger partial charge in [-0.3, -0.25) is 4.79 Å². The van der Waals surface area contributed by atoms with Crippen molar-refractivity contribution in [1.82, 2.24) is 0 Å². The van der Waals surface area contributed by atoms with Crippen LogP contribution in [0.3, 0.4) is 0 Å². The molecule has 5 unspecified atom stereocenters. The number of ether oxygens (including phenoxy) is 1. The van der Waals surface area contributed by atoms with Gasteiger partial charge in [0, 0.05) is 11.8 Å². The van der Waals surface area contributed by atoms with Crippen molar-refractivity contribution in [3.8, 4) is 0 Å². The predicted molar refractivity (Wildman–Crippen MR) is 56.1 cm³/mol. The molecule has 0 heterocycles. The normalized spacial score (nSPS) is 50.1. The number of hydrogen-bond donors (Lipinski definition) is 0. The first-order valence-electron chi connectivity index (χ1n) is 5.51. The highest BCUT2D eigenvalue weighted by Gasteiger charge is 2.53. The van der Waals surface area contributed by atoms with Gasteiger partial charge in [-0.05, 0) is 37.5 Å². The number of ketones is 1. The van der Waals surface area contributed by atoms with Gasteiger partial charge >= 0.3 is 0 Å². The average molecular weight is 259 g/mol. The Kier molecular flexibility index (Phi) is 2.21. The zero-order valence-corrected chi connectivity index (χ0v) is 9.70. The number of Topliss-reactive ketones (excluding diaryl/α,β-unsaturated/α-hetero) is 1. The van der Waals surface area contributed by atoms with E-state index in [0.717, 1.165) is 18.8 Å². The van der Waals surface area contributed by atoms with Gasteiger partial charge in [-0.25, -0.2) is 0 Å². The maximum atomic E-state index is 12.0. The topological polar surface area (TPSA) is 26.3 Å². The molecule has 5 atom stereocenters. The van der Waals surface area contributed by atoms with Crippen LogP contribution in [0.4, 0.5) is 0 Å². The minimum atomic E-state index is 0.231. The Bertz CT molecular complexity index is 266. The van der Waals surface area contributed by atoms with Crippen molar-refractivity contribution >= 4 is 21.7 Å². The van der Waals surface area contributed by atoms with E-state index in [4.69, 9.17) is 4.74 Å². The molecule has 0 amide bonds. The summed E-state index contributed by atoms with van der Waals surface area (Å²) in [4.78, 5) is 12.0. The maximum Gasteiger partial charge on any atom is 0.141 e. The van der Waals surface area contributed by atoms with Gasteiger partial charge in [0.1, 0.15) is 11.3 Å². The standard InChI is InChI=1S/C11H15BrO2/c12-5-14-11-8-2-6-1-7(4-8)10(13)9(11)3-6/h6-9,11H,1-5H2. The summed E-state index contributed by atoms with van der Waals surface area (Å²) in [6.45, 7) is 0. The number of carbonyl (C=O) groups is 1. The third kappa shape index (κ3) is 1.21. The average Bonchev–Trinajstić information content (AvgIpc) is 2.18. The molecule has 4 bridgehead atoms. The van der Waals surface area contributed by atoms with Crippen LogP contribution < -0.4 is 0 Å². The lowest BCUT2D eigenvalue weighted by molar-refractivity contribution is -0.159. The lowest BCUT2D eigenvalue weighted by Crippen LogP contribution is -2.54.